The van der Waals surface area contributed by atoms with E-state index >= 15 is 0 Å². The minimum absolute atomic E-state index is 0.0126. The molecule has 34 heavy (non-hydrogen) atoms. The molecule has 0 aliphatic rings. The van der Waals surface area contributed by atoms with Crippen molar-refractivity contribution in [2.24, 2.45) is 11.5 Å². The molecule has 0 bridgehead atoms. The summed E-state index contributed by atoms with van der Waals surface area (Å²) in [5.74, 6) is -1.26. The Balaban J connectivity index is 1.72. The lowest BCUT2D eigenvalue weighted by molar-refractivity contribution is -0.120. The Bertz CT molecular complexity index is 1010. The first kappa shape index (κ1) is 27.0. The first-order chi connectivity index (χ1) is 16.2. The lowest BCUT2D eigenvalue weighted by Crippen LogP contribution is -2.36. The summed E-state index contributed by atoms with van der Waals surface area (Å²) in [5.41, 5.74) is 12.5. The quantitative estimate of drug-likeness (QED) is 0.250. The van der Waals surface area contributed by atoms with Gasteiger partial charge in [-0.25, -0.2) is 0 Å². The summed E-state index contributed by atoms with van der Waals surface area (Å²) in [4.78, 5) is 47.5. The van der Waals surface area contributed by atoms with Crippen LogP contribution in [0.25, 0.3) is 0 Å². The monoisotopic (exact) mass is 531 g/mol. The van der Waals surface area contributed by atoms with Crippen LogP contribution in [0.15, 0.2) is 53.0 Å². The number of primary amides is 1. The fourth-order valence-electron chi connectivity index (χ4n) is 3.11. The molecule has 9 nitrogen and oxygen atoms in total. The third-order valence-electron chi connectivity index (χ3n) is 4.91. The zero-order valence-corrected chi connectivity index (χ0v) is 20.4. The molecular weight excluding hydrogens is 502 g/mol. The van der Waals surface area contributed by atoms with E-state index in [9.17, 15) is 19.2 Å². The maximum atomic E-state index is 12.3. The van der Waals surface area contributed by atoms with E-state index in [2.05, 4.69) is 31.9 Å². The highest BCUT2D eigenvalue weighted by atomic mass is 79.9. The summed E-state index contributed by atoms with van der Waals surface area (Å²) in [6.45, 7) is 0. The molecule has 4 amide bonds. The van der Waals surface area contributed by atoms with Gasteiger partial charge in [-0.2, -0.15) is 0 Å². The van der Waals surface area contributed by atoms with Gasteiger partial charge in [-0.1, -0.05) is 40.5 Å². The number of amides is 4. The molecule has 0 unspecified atom stereocenters. The number of anilines is 3. The number of para-hydroxylation sites is 2. The summed E-state index contributed by atoms with van der Waals surface area (Å²) < 4.78 is 0.892. The third-order valence-corrected chi connectivity index (χ3v) is 5.41. The number of halogens is 1. The van der Waals surface area contributed by atoms with Gasteiger partial charge in [-0.15, -0.1) is 0 Å². The second kappa shape index (κ2) is 14.1. The van der Waals surface area contributed by atoms with Crippen molar-refractivity contribution in [3.8, 4) is 0 Å². The van der Waals surface area contributed by atoms with Crippen LogP contribution in [0.5, 0.6) is 0 Å². The Morgan fingerprint density at radius 3 is 2.03 bits per heavy atom. The van der Waals surface area contributed by atoms with Crippen LogP contribution in [-0.4, -0.2) is 29.7 Å². The fourth-order valence-corrected chi connectivity index (χ4v) is 3.50. The van der Waals surface area contributed by atoms with Crippen molar-refractivity contribution in [1.82, 2.24) is 0 Å². The standard InChI is InChI=1S/C24H30BrN5O4/c25-16-7-6-8-17(15-16)28-22(32)11-2-1-3-12-23(33)29-19-9-4-5-10-20(19)30-24(34)18(26)13-14-21(27)31/h4-10,15,18H,1-3,11-14,26H2,(H2,27,31)(H,28,32)(H,29,33)(H,30,34)/t18-/m0/s1. The van der Waals surface area contributed by atoms with E-state index < -0.39 is 17.9 Å². The van der Waals surface area contributed by atoms with Crippen LogP contribution in [0.2, 0.25) is 0 Å². The largest absolute Gasteiger partial charge is 0.370 e. The van der Waals surface area contributed by atoms with Crippen molar-refractivity contribution in [3.63, 3.8) is 0 Å². The topological polar surface area (TPSA) is 156 Å². The first-order valence-corrected chi connectivity index (χ1v) is 11.8. The van der Waals surface area contributed by atoms with Gasteiger partial charge < -0.3 is 27.4 Å². The summed E-state index contributed by atoms with van der Waals surface area (Å²) in [6, 6.07) is 13.3. The van der Waals surface area contributed by atoms with Gasteiger partial charge in [0.05, 0.1) is 17.4 Å². The predicted octanol–water partition coefficient (Wildman–Crippen LogP) is 3.51. The summed E-state index contributed by atoms with van der Waals surface area (Å²) >= 11 is 3.36. The predicted molar refractivity (Wildman–Crippen MR) is 136 cm³/mol. The Morgan fingerprint density at radius 2 is 1.41 bits per heavy atom. The second-order valence-corrected chi connectivity index (χ2v) is 8.73. The van der Waals surface area contributed by atoms with E-state index in [1.165, 1.54) is 0 Å². The van der Waals surface area contributed by atoms with Gasteiger partial charge in [0.15, 0.2) is 0 Å². The highest BCUT2D eigenvalue weighted by molar-refractivity contribution is 9.10. The molecule has 0 spiro atoms. The lowest BCUT2D eigenvalue weighted by Gasteiger charge is -2.15. The van der Waals surface area contributed by atoms with Crippen LogP contribution in [0.3, 0.4) is 0 Å². The molecule has 0 aliphatic heterocycles. The Labute approximate surface area is 207 Å². The van der Waals surface area contributed by atoms with E-state index in [0.29, 0.717) is 30.6 Å². The van der Waals surface area contributed by atoms with Gasteiger partial charge in [0.25, 0.3) is 0 Å². The highest BCUT2D eigenvalue weighted by Gasteiger charge is 2.16. The average molecular weight is 532 g/mol. The molecule has 0 saturated heterocycles. The molecule has 2 aromatic rings. The van der Waals surface area contributed by atoms with E-state index in [1.54, 1.807) is 24.3 Å². The molecule has 2 rings (SSSR count). The third kappa shape index (κ3) is 10.1. The molecule has 10 heteroatoms. The molecule has 7 N–H and O–H groups in total. The Kier molecular flexibility index (Phi) is 11.2. The van der Waals surface area contributed by atoms with Gasteiger partial charge in [0.1, 0.15) is 0 Å². The number of nitrogens with two attached hydrogens (primary N) is 2. The molecule has 1 atom stereocenters. The zero-order valence-electron chi connectivity index (χ0n) is 18.8. The maximum absolute atomic E-state index is 12.3. The van der Waals surface area contributed by atoms with Crippen molar-refractivity contribution < 1.29 is 19.2 Å². The minimum Gasteiger partial charge on any atom is -0.370 e. The van der Waals surface area contributed by atoms with Crippen molar-refractivity contribution >= 4 is 56.6 Å². The lowest BCUT2D eigenvalue weighted by atomic mass is 10.1. The van der Waals surface area contributed by atoms with E-state index in [-0.39, 0.29) is 31.1 Å². The van der Waals surface area contributed by atoms with Crippen LogP contribution < -0.4 is 27.4 Å². The van der Waals surface area contributed by atoms with Gasteiger partial charge in [-0.3, -0.25) is 19.2 Å². The molecule has 182 valence electrons. The van der Waals surface area contributed by atoms with Crippen molar-refractivity contribution in [2.45, 2.75) is 51.0 Å². The Morgan fingerprint density at radius 1 is 0.794 bits per heavy atom. The molecular formula is C24H30BrN5O4. The SMILES string of the molecule is NC(=O)CC[C@H](N)C(=O)Nc1ccccc1NC(=O)CCCCCC(=O)Nc1cccc(Br)c1. The van der Waals surface area contributed by atoms with Gasteiger partial charge in [0, 0.05) is 29.4 Å². The molecule has 0 aromatic heterocycles. The maximum Gasteiger partial charge on any atom is 0.241 e. The van der Waals surface area contributed by atoms with Crippen molar-refractivity contribution in [2.75, 3.05) is 16.0 Å². The number of hydrogen-bond donors (Lipinski definition) is 5. The van der Waals surface area contributed by atoms with Gasteiger partial charge in [-0.05, 0) is 49.6 Å². The van der Waals surface area contributed by atoms with Crippen LogP contribution >= 0.6 is 15.9 Å². The number of carbonyl (C=O) groups excluding carboxylic acids is 4. The van der Waals surface area contributed by atoms with E-state index in [0.717, 1.165) is 16.6 Å². The van der Waals surface area contributed by atoms with Crippen molar-refractivity contribution in [3.05, 3.63) is 53.0 Å². The second-order valence-electron chi connectivity index (χ2n) is 7.81. The minimum atomic E-state index is -0.892. The van der Waals surface area contributed by atoms with E-state index in [4.69, 9.17) is 11.5 Å². The number of benzene rings is 2. The number of carbonyl (C=O) groups is 4. The van der Waals surface area contributed by atoms with Gasteiger partial charge in [0.2, 0.25) is 23.6 Å². The van der Waals surface area contributed by atoms with Gasteiger partial charge >= 0.3 is 0 Å². The molecule has 0 radical (unpaired) electrons. The molecule has 0 saturated carbocycles. The van der Waals surface area contributed by atoms with Crippen LogP contribution in [0.1, 0.15) is 44.9 Å². The van der Waals surface area contributed by atoms with Crippen molar-refractivity contribution in [1.29, 1.82) is 0 Å². The summed E-state index contributed by atoms with van der Waals surface area (Å²) in [5, 5.41) is 8.31. The highest BCUT2D eigenvalue weighted by Crippen LogP contribution is 2.22. The number of hydrogen-bond acceptors (Lipinski definition) is 5. The average Bonchev–Trinajstić information content (AvgIpc) is 2.78. The summed E-state index contributed by atoms with van der Waals surface area (Å²) in [6.07, 6.45) is 2.83. The van der Waals surface area contributed by atoms with Crippen LogP contribution in [-0.2, 0) is 19.2 Å². The van der Waals surface area contributed by atoms with Crippen LogP contribution in [0.4, 0.5) is 17.1 Å². The normalized spacial score (nSPS) is 11.4. The number of rotatable bonds is 13. The smallest absolute Gasteiger partial charge is 0.241 e. The van der Waals surface area contributed by atoms with Crippen LogP contribution in [0, 0.1) is 0 Å². The number of nitrogens with one attached hydrogen (secondary N) is 3. The summed E-state index contributed by atoms with van der Waals surface area (Å²) in [7, 11) is 0. The molecule has 0 fully saturated rings. The zero-order chi connectivity index (χ0) is 24.9. The first-order valence-electron chi connectivity index (χ1n) is 11.0. The number of unbranched alkanes of at least 4 members (excludes halogenated alkanes) is 2. The molecule has 0 aliphatic carbocycles. The molecule has 0 heterocycles. The molecule has 2 aromatic carbocycles. The fraction of sp³-hybridized carbons (Fsp3) is 0.333. The Hall–Kier alpha value is -3.24. The van der Waals surface area contributed by atoms with E-state index in [1.807, 2.05) is 24.3 Å².